The first-order chi connectivity index (χ1) is 22.0. The molecule has 2 aromatic carbocycles. The first-order valence-corrected chi connectivity index (χ1v) is 15.2. The summed E-state index contributed by atoms with van der Waals surface area (Å²) >= 11 is 0. The Morgan fingerprint density at radius 2 is 1.60 bits per heavy atom. The average Bonchev–Trinajstić information content (AvgIpc) is 3.44. The minimum atomic E-state index is 0.220. The number of hydrogen-bond donors (Lipinski definition) is 1. The predicted octanol–water partition coefficient (Wildman–Crippen LogP) is 6.26. The van der Waals surface area contributed by atoms with Gasteiger partial charge in [-0.05, 0) is 59.9 Å². The van der Waals surface area contributed by atoms with Gasteiger partial charge in [-0.3, -0.25) is 9.47 Å². The van der Waals surface area contributed by atoms with Crippen molar-refractivity contribution in [1.29, 1.82) is 5.26 Å². The number of benzene rings is 2. The van der Waals surface area contributed by atoms with Crippen LogP contribution in [0.1, 0.15) is 36.8 Å². The van der Waals surface area contributed by atoms with E-state index in [1.807, 2.05) is 42.5 Å². The second-order valence-corrected chi connectivity index (χ2v) is 11.9. The number of aromatic nitrogens is 6. The second kappa shape index (κ2) is 11.9. The van der Waals surface area contributed by atoms with Crippen molar-refractivity contribution in [3.63, 3.8) is 0 Å². The molecule has 9 nitrogen and oxygen atoms in total. The zero-order valence-corrected chi connectivity index (χ0v) is 25.2. The lowest BCUT2D eigenvalue weighted by Gasteiger charge is -2.40. The van der Waals surface area contributed by atoms with E-state index in [-0.39, 0.29) is 5.92 Å². The van der Waals surface area contributed by atoms with Gasteiger partial charge in [-0.1, -0.05) is 56.3 Å². The third kappa shape index (κ3) is 5.52. The molecule has 45 heavy (non-hydrogen) atoms. The zero-order chi connectivity index (χ0) is 30.9. The van der Waals surface area contributed by atoms with Crippen molar-refractivity contribution in [2.24, 2.45) is 11.8 Å². The fourth-order valence-electron chi connectivity index (χ4n) is 6.68. The molecule has 1 aliphatic rings. The molecule has 0 spiro atoms. The molecule has 0 aliphatic carbocycles. The van der Waals surface area contributed by atoms with E-state index >= 15 is 0 Å². The van der Waals surface area contributed by atoms with Crippen molar-refractivity contribution in [2.75, 3.05) is 18.8 Å². The summed E-state index contributed by atoms with van der Waals surface area (Å²) in [4.78, 5) is 25.9. The van der Waals surface area contributed by atoms with Crippen LogP contribution in [0.2, 0.25) is 0 Å². The normalized spacial score (nSPS) is 18.6. The largest absolute Gasteiger partial charge is 0.383 e. The van der Waals surface area contributed by atoms with Gasteiger partial charge in [0.2, 0.25) is 0 Å². The molecule has 0 amide bonds. The Hall–Kier alpha value is -5.46. The number of imidazole rings is 1. The number of fused-ring (bicyclic) bond motifs is 1. The van der Waals surface area contributed by atoms with Crippen LogP contribution in [-0.2, 0) is 6.54 Å². The minimum absolute atomic E-state index is 0.220. The Balaban J connectivity index is 1.19. The van der Waals surface area contributed by atoms with E-state index in [4.69, 9.17) is 15.7 Å². The zero-order valence-electron chi connectivity index (χ0n) is 25.2. The summed E-state index contributed by atoms with van der Waals surface area (Å²) in [6, 6.07) is 30.4. The quantitative estimate of drug-likeness (QED) is 0.241. The lowest BCUT2D eigenvalue weighted by atomic mass is 9.78. The first-order valence-electron chi connectivity index (χ1n) is 15.2. The van der Waals surface area contributed by atoms with Crippen LogP contribution in [0.4, 0.5) is 5.82 Å². The summed E-state index contributed by atoms with van der Waals surface area (Å²) in [5, 5.41) is 9.31. The standard InChI is InChI=1S/C36H33N9/c1-23-20-44(21-24(2)32(23)34-40-18-16-27(19-37)41-34)22-25-10-12-28(13-11-25)45-35(29-9-6-17-39-33(29)38)43-31-15-14-30(42-36(31)45)26-7-4-3-5-8-26/h3-18,23-24,32H,20-22H2,1-2H3,(H2,38,39)/t23-,24+,32?. The van der Waals surface area contributed by atoms with Crippen LogP contribution in [0, 0.1) is 23.2 Å². The van der Waals surface area contributed by atoms with Crippen molar-refractivity contribution in [3.8, 4) is 34.4 Å². The summed E-state index contributed by atoms with van der Waals surface area (Å²) in [5.41, 5.74) is 13.2. The topological polar surface area (TPSA) is 122 Å². The number of nitrogen functional groups attached to an aromatic ring is 1. The molecule has 2 N–H and O–H groups in total. The van der Waals surface area contributed by atoms with Gasteiger partial charge in [0.1, 0.15) is 28.9 Å². The molecule has 5 heterocycles. The average molecular weight is 592 g/mol. The number of rotatable bonds is 6. The Bertz CT molecular complexity index is 2000. The van der Waals surface area contributed by atoms with Crippen LogP contribution < -0.4 is 5.73 Å². The molecule has 6 aromatic rings. The van der Waals surface area contributed by atoms with Gasteiger partial charge in [-0.25, -0.2) is 24.9 Å². The minimum Gasteiger partial charge on any atom is -0.383 e. The number of likely N-dealkylation sites (tertiary alicyclic amines) is 1. The molecule has 1 aliphatic heterocycles. The van der Waals surface area contributed by atoms with Gasteiger partial charge in [-0.2, -0.15) is 5.26 Å². The van der Waals surface area contributed by atoms with E-state index in [2.05, 4.69) is 80.7 Å². The Labute approximate surface area is 262 Å². The Morgan fingerprint density at radius 3 is 2.33 bits per heavy atom. The summed E-state index contributed by atoms with van der Waals surface area (Å²) in [7, 11) is 0. The molecule has 1 fully saturated rings. The summed E-state index contributed by atoms with van der Waals surface area (Å²) in [6.45, 7) is 7.21. The van der Waals surface area contributed by atoms with Gasteiger partial charge in [0.25, 0.3) is 0 Å². The second-order valence-electron chi connectivity index (χ2n) is 11.9. The molecule has 222 valence electrons. The maximum absolute atomic E-state index is 9.31. The maximum Gasteiger partial charge on any atom is 0.165 e. The van der Waals surface area contributed by atoms with Gasteiger partial charge in [0, 0.05) is 49.2 Å². The number of hydrogen-bond acceptors (Lipinski definition) is 8. The smallest absolute Gasteiger partial charge is 0.165 e. The van der Waals surface area contributed by atoms with Crippen LogP contribution in [0.3, 0.4) is 0 Å². The molecule has 0 saturated carbocycles. The molecule has 7 rings (SSSR count). The van der Waals surface area contributed by atoms with Crippen molar-refractivity contribution in [3.05, 3.63) is 114 Å². The van der Waals surface area contributed by atoms with Crippen LogP contribution in [0.5, 0.6) is 0 Å². The third-order valence-corrected chi connectivity index (χ3v) is 8.66. The van der Waals surface area contributed by atoms with Crippen LogP contribution in [0.25, 0.3) is 39.5 Å². The van der Waals surface area contributed by atoms with Gasteiger partial charge in [-0.15, -0.1) is 0 Å². The molecule has 1 unspecified atom stereocenters. The molecular formula is C36H33N9. The van der Waals surface area contributed by atoms with Crippen molar-refractivity contribution in [2.45, 2.75) is 26.3 Å². The van der Waals surface area contributed by atoms with Crippen molar-refractivity contribution >= 4 is 17.0 Å². The summed E-state index contributed by atoms with van der Waals surface area (Å²) in [6.07, 6.45) is 3.39. The highest BCUT2D eigenvalue weighted by molar-refractivity contribution is 5.84. The van der Waals surface area contributed by atoms with Gasteiger partial charge in [0.05, 0.1) is 11.3 Å². The monoisotopic (exact) mass is 591 g/mol. The number of nitrogens with two attached hydrogens (primary N) is 1. The summed E-state index contributed by atoms with van der Waals surface area (Å²) < 4.78 is 2.07. The number of pyridine rings is 2. The number of nitrogens with zero attached hydrogens (tertiary/aromatic N) is 8. The Morgan fingerprint density at radius 1 is 0.822 bits per heavy atom. The molecular weight excluding hydrogens is 558 g/mol. The van der Waals surface area contributed by atoms with E-state index < -0.39 is 0 Å². The predicted molar refractivity (Wildman–Crippen MR) is 175 cm³/mol. The van der Waals surface area contributed by atoms with Crippen molar-refractivity contribution < 1.29 is 0 Å². The molecule has 0 bridgehead atoms. The lowest BCUT2D eigenvalue weighted by Crippen LogP contribution is -2.43. The van der Waals surface area contributed by atoms with E-state index in [1.165, 1.54) is 5.56 Å². The van der Waals surface area contributed by atoms with Crippen LogP contribution in [-0.4, -0.2) is 47.5 Å². The van der Waals surface area contributed by atoms with E-state index in [0.717, 1.165) is 59.1 Å². The fraction of sp³-hybridized carbons (Fsp3) is 0.222. The van der Waals surface area contributed by atoms with E-state index in [1.54, 1.807) is 18.5 Å². The molecule has 9 heteroatoms. The van der Waals surface area contributed by atoms with Gasteiger partial charge < -0.3 is 5.73 Å². The fourth-order valence-corrected chi connectivity index (χ4v) is 6.68. The highest BCUT2D eigenvalue weighted by atomic mass is 15.2. The highest BCUT2D eigenvalue weighted by Gasteiger charge is 2.35. The first kappa shape index (κ1) is 28.3. The molecule has 4 aromatic heterocycles. The molecule has 3 atom stereocenters. The van der Waals surface area contributed by atoms with E-state index in [0.29, 0.717) is 29.2 Å². The SMILES string of the molecule is C[C@@H]1CN(Cc2ccc(-n3c(-c4cccnc4N)nc4ccc(-c5ccccc5)nc43)cc2)C[C@H](C)C1c1nccc(C#N)n1. The highest BCUT2D eigenvalue weighted by Crippen LogP contribution is 2.36. The van der Waals surface area contributed by atoms with E-state index in [9.17, 15) is 5.26 Å². The maximum atomic E-state index is 9.31. The lowest BCUT2D eigenvalue weighted by molar-refractivity contribution is 0.107. The van der Waals surface area contributed by atoms with Gasteiger partial charge in [0.15, 0.2) is 11.5 Å². The molecule has 0 radical (unpaired) electrons. The summed E-state index contributed by atoms with van der Waals surface area (Å²) in [5.74, 6) is 2.84. The number of nitriles is 1. The van der Waals surface area contributed by atoms with Crippen LogP contribution in [0.15, 0.2) is 97.3 Å². The van der Waals surface area contributed by atoms with Crippen molar-refractivity contribution in [1.82, 2.24) is 34.4 Å². The number of piperidine rings is 1. The molecule has 1 saturated heterocycles. The third-order valence-electron chi connectivity index (χ3n) is 8.66. The Kier molecular flexibility index (Phi) is 7.49. The number of anilines is 1. The van der Waals surface area contributed by atoms with Crippen LogP contribution >= 0.6 is 0 Å². The van der Waals surface area contributed by atoms with Gasteiger partial charge >= 0.3 is 0 Å².